The number of ether oxygens (including phenoxy) is 1. The van der Waals surface area contributed by atoms with E-state index in [0.29, 0.717) is 24.5 Å². The summed E-state index contributed by atoms with van der Waals surface area (Å²) in [5, 5.41) is 18.0. The predicted octanol–water partition coefficient (Wildman–Crippen LogP) is 4.01. The van der Waals surface area contributed by atoms with Gasteiger partial charge in [0.15, 0.2) is 0 Å². The molecule has 1 aliphatic rings. The molecule has 1 aromatic carbocycles. The smallest absolute Gasteiger partial charge is 0.305 e. The molecule has 8 nitrogen and oxygen atoms in total. The highest BCUT2D eigenvalue weighted by atomic mass is 19.1. The summed E-state index contributed by atoms with van der Waals surface area (Å²) in [5.41, 5.74) is 4.41. The highest BCUT2D eigenvalue weighted by molar-refractivity contribution is 5.80. The first kappa shape index (κ1) is 21.8. The van der Waals surface area contributed by atoms with Crippen molar-refractivity contribution >= 4 is 22.6 Å². The van der Waals surface area contributed by atoms with Crippen molar-refractivity contribution in [2.75, 3.05) is 18.5 Å². The van der Waals surface area contributed by atoms with Gasteiger partial charge in [-0.25, -0.2) is 4.39 Å². The van der Waals surface area contributed by atoms with Crippen molar-refractivity contribution in [3.8, 4) is 5.75 Å². The fourth-order valence-electron chi connectivity index (χ4n) is 4.23. The molecule has 0 saturated heterocycles. The standard InChI is InChI=1S/C25H24FN5O3/c26-17-3-6-22(28-15-17)24(13-25(32)33)31-23-8-5-19(12-16(23)14-29-31)34-11-9-18-4-7-20-21(30-18)2-1-10-27-20/h3-8,12,14-15,24,27H,1-2,9-11,13H2,(H,32,33). The normalized spacial score (nSPS) is 13.8. The number of halogens is 1. The summed E-state index contributed by atoms with van der Waals surface area (Å²) in [7, 11) is 0. The molecule has 4 aromatic rings. The molecule has 174 valence electrons. The predicted molar refractivity (Wildman–Crippen MR) is 125 cm³/mol. The van der Waals surface area contributed by atoms with E-state index >= 15 is 0 Å². The summed E-state index contributed by atoms with van der Waals surface area (Å²) in [6.07, 6.45) is 5.30. The minimum atomic E-state index is -0.994. The molecule has 0 bridgehead atoms. The summed E-state index contributed by atoms with van der Waals surface area (Å²) < 4.78 is 20.9. The molecule has 1 unspecified atom stereocenters. The summed E-state index contributed by atoms with van der Waals surface area (Å²) >= 11 is 0. The van der Waals surface area contributed by atoms with Gasteiger partial charge in [-0.15, -0.1) is 0 Å². The Morgan fingerprint density at radius 1 is 1.21 bits per heavy atom. The lowest BCUT2D eigenvalue weighted by Gasteiger charge is -2.17. The summed E-state index contributed by atoms with van der Waals surface area (Å²) in [5.74, 6) is -0.778. The summed E-state index contributed by atoms with van der Waals surface area (Å²) in [4.78, 5) is 20.3. The van der Waals surface area contributed by atoms with Gasteiger partial charge in [-0.1, -0.05) is 0 Å². The molecule has 0 radical (unpaired) electrons. The molecule has 1 aliphatic heterocycles. The van der Waals surface area contributed by atoms with Crippen molar-refractivity contribution in [1.82, 2.24) is 19.7 Å². The van der Waals surface area contributed by atoms with Gasteiger partial charge < -0.3 is 15.2 Å². The van der Waals surface area contributed by atoms with Gasteiger partial charge in [-0.2, -0.15) is 5.10 Å². The number of aromatic nitrogens is 4. The Bertz CT molecular complexity index is 1320. The van der Waals surface area contributed by atoms with Crippen LogP contribution in [0.5, 0.6) is 5.75 Å². The molecule has 0 fully saturated rings. The van der Waals surface area contributed by atoms with Crippen LogP contribution in [0.4, 0.5) is 10.1 Å². The molecule has 3 aromatic heterocycles. The quantitative estimate of drug-likeness (QED) is 0.409. The van der Waals surface area contributed by atoms with Crippen molar-refractivity contribution < 1.29 is 19.0 Å². The molecule has 0 amide bonds. The van der Waals surface area contributed by atoms with Gasteiger partial charge in [0.25, 0.3) is 0 Å². The molecule has 5 rings (SSSR count). The Labute approximate surface area is 195 Å². The van der Waals surface area contributed by atoms with Crippen molar-refractivity contribution in [3.05, 3.63) is 77.8 Å². The molecule has 34 heavy (non-hydrogen) atoms. The molecule has 0 aliphatic carbocycles. The lowest BCUT2D eigenvalue weighted by Crippen LogP contribution is -2.17. The van der Waals surface area contributed by atoms with Crippen molar-refractivity contribution in [2.45, 2.75) is 31.7 Å². The van der Waals surface area contributed by atoms with E-state index < -0.39 is 17.8 Å². The first-order valence-corrected chi connectivity index (χ1v) is 11.2. The van der Waals surface area contributed by atoms with Crippen LogP contribution in [0.15, 0.2) is 54.9 Å². The fourth-order valence-corrected chi connectivity index (χ4v) is 4.23. The van der Waals surface area contributed by atoms with Gasteiger partial charge in [0.05, 0.1) is 48.0 Å². The van der Waals surface area contributed by atoms with Crippen LogP contribution in [-0.2, 0) is 17.6 Å². The molecule has 9 heteroatoms. The molecule has 0 saturated carbocycles. The number of benzene rings is 1. The molecular formula is C25H24FN5O3. The van der Waals surface area contributed by atoms with E-state index in [1.165, 1.54) is 12.1 Å². The van der Waals surface area contributed by atoms with E-state index in [-0.39, 0.29) is 6.42 Å². The van der Waals surface area contributed by atoms with Crippen molar-refractivity contribution in [2.24, 2.45) is 0 Å². The van der Waals surface area contributed by atoms with E-state index in [1.807, 2.05) is 24.3 Å². The van der Waals surface area contributed by atoms with Crippen LogP contribution in [-0.4, -0.2) is 44.0 Å². The highest BCUT2D eigenvalue weighted by Crippen LogP contribution is 2.28. The number of nitrogens with zero attached hydrogens (tertiary/aromatic N) is 4. The number of fused-ring (bicyclic) bond motifs is 2. The second kappa shape index (κ2) is 9.46. The Balaban J connectivity index is 1.30. The molecule has 1 atom stereocenters. The average molecular weight is 461 g/mol. The number of rotatable bonds is 8. The number of aryl methyl sites for hydroxylation is 1. The zero-order valence-corrected chi connectivity index (χ0v) is 18.4. The van der Waals surface area contributed by atoms with Crippen molar-refractivity contribution in [1.29, 1.82) is 0 Å². The first-order chi connectivity index (χ1) is 16.6. The van der Waals surface area contributed by atoms with Gasteiger partial charge in [0.2, 0.25) is 0 Å². The fraction of sp³-hybridized carbons (Fsp3) is 0.280. The van der Waals surface area contributed by atoms with Crippen LogP contribution in [0.25, 0.3) is 10.9 Å². The Hall–Kier alpha value is -4.01. The van der Waals surface area contributed by atoms with Gasteiger partial charge >= 0.3 is 5.97 Å². The average Bonchev–Trinajstić information content (AvgIpc) is 3.26. The number of anilines is 1. The lowest BCUT2D eigenvalue weighted by molar-refractivity contribution is -0.137. The van der Waals surface area contributed by atoms with E-state index in [4.69, 9.17) is 9.72 Å². The van der Waals surface area contributed by atoms with E-state index in [1.54, 1.807) is 10.9 Å². The number of hydrogen-bond donors (Lipinski definition) is 2. The second-order valence-electron chi connectivity index (χ2n) is 8.25. The monoisotopic (exact) mass is 461 g/mol. The molecule has 4 heterocycles. The summed E-state index contributed by atoms with van der Waals surface area (Å²) in [6.45, 7) is 1.48. The van der Waals surface area contributed by atoms with E-state index in [2.05, 4.69) is 21.5 Å². The topological polar surface area (TPSA) is 102 Å². The Morgan fingerprint density at radius 2 is 2.12 bits per heavy atom. The first-order valence-electron chi connectivity index (χ1n) is 11.2. The minimum Gasteiger partial charge on any atom is -0.493 e. The molecular weight excluding hydrogens is 437 g/mol. The number of hydrogen-bond acceptors (Lipinski definition) is 6. The molecule has 2 N–H and O–H groups in total. The highest BCUT2D eigenvalue weighted by Gasteiger charge is 2.22. The number of nitrogens with one attached hydrogen (secondary N) is 1. The zero-order valence-electron chi connectivity index (χ0n) is 18.4. The maximum Gasteiger partial charge on any atom is 0.305 e. The third kappa shape index (κ3) is 4.68. The van der Waals surface area contributed by atoms with Crippen LogP contribution in [0.2, 0.25) is 0 Å². The van der Waals surface area contributed by atoms with Crippen LogP contribution in [0, 0.1) is 5.82 Å². The largest absolute Gasteiger partial charge is 0.493 e. The number of carboxylic acid groups (broad SMARTS) is 1. The molecule has 0 spiro atoms. The lowest BCUT2D eigenvalue weighted by atomic mass is 10.1. The van der Waals surface area contributed by atoms with Crippen LogP contribution in [0.3, 0.4) is 0 Å². The van der Waals surface area contributed by atoms with Gasteiger partial charge in [-0.3, -0.25) is 19.4 Å². The van der Waals surface area contributed by atoms with Gasteiger partial charge in [-0.05, 0) is 55.3 Å². The van der Waals surface area contributed by atoms with Gasteiger partial charge in [0.1, 0.15) is 17.6 Å². The maximum atomic E-state index is 13.3. The Morgan fingerprint density at radius 3 is 2.94 bits per heavy atom. The van der Waals surface area contributed by atoms with E-state index in [0.717, 1.165) is 53.6 Å². The third-order valence-electron chi connectivity index (χ3n) is 5.89. The van der Waals surface area contributed by atoms with Crippen LogP contribution >= 0.6 is 0 Å². The maximum absolute atomic E-state index is 13.3. The number of carboxylic acids is 1. The van der Waals surface area contributed by atoms with Crippen molar-refractivity contribution in [3.63, 3.8) is 0 Å². The van der Waals surface area contributed by atoms with E-state index in [9.17, 15) is 14.3 Å². The summed E-state index contributed by atoms with van der Waals surface area (Å²) in [6, 6.07) is 11.8. The SMILES string of the molecule is O=C(O)CC(c1ccc(F)cn1)n1ncc2cc(OCCc3ccc4c(n3)CCCN4)ccc21. The van der Waals surface area contributed by atoms with Gasteiger partial charge in [0, 0.05) is 24.0 Å². The second-order valence-corrected chi connectivity index (χ2v) is 8.25. The minimum absolute atomic E-state index is 0.225. The van der Waals surface area contributed by atoms with Crippen LogP contribution in [0.1, 0.15) is 36.0 Å². The number of pyridine rings is 2. The zero-order chi connectivity index (χ0) is 23.5. The third-order valence-corrected chi connectivity index (χ3v) is 5.89. The Kier molecular flexibility index (Phi) is 6.07. The number of aliphatic carboxylic acids is 1. The number of carbonyl (C=O) groups is 1. The van der Waals surface area contributed by atoms with Crippen LogP contribution < -0.4 is 10.1 Å².